The molecule has 22 heteroatoms. The number of aromatic amines is 3. The summed E-state index contributed by atoms with van der Waals surface area (Å²) >= 11 is 0. The zero-order chi connectivity index (χ0) is 66.8. The number of anilines is 3. The van der Waals surface area contributed by atoms with Crippen molar-refractivity contribution in [1.82, 2.24) is 30.9 Å². The van der Waals surface area contributed by atoms with Gasteiger partial charge in [-0.25, -0.2) is 0 Å². The van der Waals surface area contributed by atoms with Crippen LogP contribution in [0.4, 0.5) is 17.1 Å². The Morgan fingerprint density at radius 1 is 0.389 bits per heavy atom. The van der Waals surface area contributed by atoms with Crippen molar-refractivity contribution >= 4 is 97.6 Å². The number of amides is 6. The van der Waals surface area contributed by atoms with E-state index in [0.29, 0.717) is 112 Å². The van der Waals surface area contributed by atoms with Gasteiger partial charge in [-0.1, -0.05) is 36.4 Å². The molecule has 0 aliphatic carbocycles. The zero-order valence-corrected chi connectivity index (χ0v) is 55.7. The Kier molecular flexibility index (Phi) is 25.4. The molecule has 9 rings (SSSR count). The quantitative estimate of drug-likeness (QED) is 0.0135. The first-order valence-corrected chi connectivity index (χ1v) is 32.2. The number of ether oxygens (including phenoxy) is 3. The molecule has 3 atom stereocenters. The number of aryl methyl sites for hydroxylation is 3. The number of fused-ring (bicyclic) bond motifs is 3. The number of rotatable bonds is 33. The van der Waals surface area contributed by atoms with Crippen molar-refractivity contribution in [2.45, 2.75) is 122 Å². The lowest BCUT2D eigenvalue weighted by atomic mass is 9.85. The number of nitrogens with two attached hydrogens (primary N) is 3. The lowest BCUT2D eigenvalue weighted by Crippen LogP contribution is -2.44. The molecule has 95 heavy (non-hydrogen) atoms. The van der Waals surface area contributed by atoms with E-state index in [1.165, 1.54) is 0 Å². The van der Waals surface area contributed by atoms with Crippen LogP contribution in [0.3, 0.4) is 0 Å². The fraction of sp³-hybridized carbons (Fsp3) is 0.342. The molecule has 0 aliphatic rings. The van der Waals surface area contributed by atoms with Crippen molar-refractivity contribution in [3.63, 3.8) is 0 Å². The van der Waals surface area contributed by atoms with Crippen molar-refractivity contribution in [2.75, 3.05) is 56.9 Å². The minimum Gasteiger partial charge on any atom is -0.497 e. The Balaban J connectivity index is 0.0000116. The smallest absolute Gasteiger partial charge is 0.246 e. The van der Waals surface area contributed by atoms with Crippen molar-refractivity contribution in [2.24, 2.45) is 17.2 Å². The lowest BCUT2D eigenvalue weighted by molar-refractivity contribution is -0.126. The summed E-state index contributed by atoms with van der Waals surface area (Å²) in [6.45, 7) is 7.07. The second kappa shape index (κ2) is 34.0. The van der Waals surface area contributed by atoms with Gasteiger partial charge in [0.25, 0.3) is 0 Å². The topological polar surface area (TPSA) is 328 Å². The fourth-order valence-corrected chi connectivity index (χ4v) is 12.2. The number of nitrogens with one attached hydrogen (secondary N) is 9. The minimum absolute atomic E-state index is 0. The van der Waals surface area contributed by atoms with Gasteiger partial charge in [0.2, 0.25) is 35.4 Å². The van der Waals surface area contributed by atoms with Crippen LogP contribution in [0.25, 0.3) is 32.7 Å². The van der Waals surface area contributed by atoms with Crippen LogP contribution in [0.2, 0.25) is 0 Å². The highest BCUT2D eigenvalue weighted by Gasteiger charge is 2.27. The lowest BCUT2D eigenvalue weighted by Gasteiger charge is -2.22. The molecule has 0 radical (unpaired) electrons. The number of halogens is 1. The predicted octanol–water partition coefficient (Wildman–Crippen LogP) is 10.1. The molecule has 0 saturated carbocycles. The normalized spacial score (nSPS) is 12.2. The first-order valence-electron chi connectivity index (χ1n) is 32.2. The third-order valence-corrected chi connectivity index (χ3v) is 17.3. The Labute approximate surface area is 559 Å². The van der Waals surface area contributed by atoms with E-state index in [1.807, 2.05) is 148 Å². The Morgan fingerprint density at radius 2 is 0.653 bits per heavy atom. The molecule has 9 aromatic rings. The van der Waals surface area contributed by atoms with Crippen molar-refractivity contribution in [3.05, 3.63) is 178 Å². The molecule has 3 heterocycles. The van der Waals surface area contributed by atoms with Gasteiger partial charge in [0, 0.05) is 72.8 Å². The number of hydrogen-bond acceptors (Lipinski definition) is 12. The Bertz CT molecular complexity index is 3690. The fourth-order valence-electron chi connectivity index (χ4n) is 12.2. The summed E-state index contributed by atoms with van der Waals surface area (Å²) in [6, 6.07) is 36.9. The monoisotopic (exact) mass is 1310 g/mol. The number of benzene rings is 6. The van der Waals surface area contributed by atoms with Crippen LogP contribution >= 0.6 is 12.4 Å². The standard InChI is InChI=1S/C73H88N12O9.ClH/c1-43-55(58-37-52(92-4)28-31-61(58)77-43)40-67(86)83-64(13-7-10-34-74)71(89)80-49-22-16-46(17-23-49)70(47-18-24-50(25-19-47)81-72(90)65(14-8-11-35-75)84-68(87)41-56-44(2)78-62-32-29-53(93-5)38-59(56)62)48-20-26-51(27-21-48)82-73(91)66(15-9-12-36-76)85-69(88)42-57-45(3)79-63-33-30-54(94-6)39-60(57)63;/h16-33,37-39,64-66,70,77-79H,7-15,34-36,40-42,74-76H2,1-6H3,(H,80,89)(H,81,90)(H,82,91)(H,83,86)(H,84,87)(H,85,88);1H/t64-,65-,66-;/m1./s1. The molecule has 0 fully saturated rings. The molecule has 0 unspecified atom stereocenters. The molecule has 502 valence electrons. The van der Waals surface area contributed by atoms with Crippen molar-refractivity contribution in [3.8, 4) is 17.2 Å². The van der Waals surface area contributed by atoms with E-state index < -0.39 is 24.0 Å². The molecule has 6 aromatic carbocycles. The van der Waals surface area contributed by atoms with Crippen molar-refractivity contribution in [1.29, 1.82) is 0 Å². The van der Waals surface area contributed by atoms with Gasteiger partial charge < -0.3 is 78.3 Å². The summed E-state index contributed by atoms with van der Waals surface area (Å²) < 4.78 is 16.4. The molecule has 3 aromatic heterocycles. The van der Waals surface area contributed by atoms with Crippen molar-refractivity contribution < 1.29 is 43.0 Å². The van der Waals surface area contributed by atoms with Gasteiger partial charge in [-0.2, -0.15) is 0 Å². The molecule has 15 N–H and O–H groups in total. The van der Waals surface area contributed by atoms with E-state index in [0.717, 1.165) is 83.2 Å². The van der Waals surface area contributed by atoms with E-state index in [2.05, 4.69) is 46.9 Å². The first-order chi connectivity index (χ1) is 45.5. The number of unbranched alkanes of at least 4 members (excludes halogenated alkanes) is 3. The first kappa shape index (κ1) is 71.2. The number of H-pyrrole nitrogens is 3. The van der Waals surface area contributed by atoms with Crippen LogP contribution in [-0.2, 0) is 48.0 Å². The third kappa shape index (κ3) is 18.4. The summed E-state index contributed by atoms with van der Waals surface area (Å²) in [5.41, 5.74) is 29.3. The maximum atomic E-state index is 14.2. The largest absolute Gasteiger partial charge is 0.497 e. The molecule has 0 aliphatic heterocycles. The number of carbonyl (C=O) groups excluding carboxylic acids is 6. The molecule has 0 spiro atoms. The highest BCUT2D eigenvalue weighted by atomic mass is 35.5. The molecule has 21 nitrogen and oxygen atoms in total. The predicted molar refractivity (Wildman–Crippen MR) is 378 cm³/mol. The summed E-state index contributed by atoms with van der Waals surface area (Å²) in [7, 11) is 4.78. The highest BCUT2D eigenvalue weighted by Crippen LogP contribution is 2.35. The maximum absolute atomic E-state index is 14.2. The summed E-state index contributed by atoms with van der Waals surface area (Å²) in [5.74, 6) is -0.450. The SMILES string of the molecule is COc1ccc2[nH]c(C)c(CC(=O)N[C@H](CCCCN)C(=O)Nc3ccc(C(c4ccc(NC(=O)[C@@H](CCCCN)NC(=O)Cc5c(C)[nH]c6ccc(OC)cc56)cc4)c4ccc(NC(=O)[C@@H](CCCCN)NC(=O)Cc5c(C)[nH]c6ccc(OC)cc56)cc4)cc3)c2c1.Cl. The Morgan fingerprint density at radius 3 is 0.895 bits per heavy atom. The van der Waals surface area contributed by atoms with E-state index in [1.54, 1.807) is 21.3 Å². The van der Waals surface area contributed by atoms with Crippen LogP contribution in [-0.4, -0.2) is 109 Å². The number of aromatic nitrogens is 3. The van der Waals surface area contributed by atoms with Gasteiger partial charge in [-0.05, 0) is 223 Å². The second-order valence-electron chi connectivity index (χ2n) is 23.9. The van der Waals surface area contributed by atoms with Gasteiger partial charge in [0.1, 0.15) is 35.4 Å². The average molecular weight is 1310 g/mol. The minimum atomic E-state index is -0.848. The molecule has 6 amide bonds. The van der Waals surface area contributed by atoms with Crippen LogP contribution in [0.1, 0.15) is 114 Å². The summed E-state index contributed by atoms with van der Waals surface area (Å²) in [4.78, 5) is 94.0. The highest BCUT2D eigenvalue weighted by molar-refractivity contribution is 6.01. The van der Waals surface area contributed by atoms with Gasteiger partial charge >= 0.3 is 0 Å². The zero-order valence-electron chi connectivity index (χ0n) is 54.9. The molecule has 0 saturated heterocycles. The molecular weight excluding hydrogens is 1220 g/mol. The second-order valence-corrected chi connectivity index (χ2v) is 23.9. The van der Waals surface area contributed by atoms with Crippen LogP contribution in [0, 0.1) is 20.8 Å². The Hall–Kier alpha value is -9.67. The third-order valence-electron chi connectivity index (χ3n) is 17.3. The van der Waals surface area contributed by atoms with Gasteiger partial charge in [-0.3, -0.25) is 28.8 Å². The van der Waals surface area contributed by atoms with Gasteiger partial charge in [0.05, 0.1) is 40.6 Å². The number of carbonyl (C=O) groups is 6. The van der Waals surface area contributed by atoms with Gasteiger partial charge in [-0.15, -0.1) is 12.4 Å². The average Bonchev–Trinajstić information content (AvgIpc) is 1.79. The summed E-state index contributed by atoms with van der Waals surface area (Å²) in [6.07, 6.45) is 5.14. The van der Waals surface area contributed by atoms with Crippen LogP contribution < -0.4 is 63.3 Å². The van der Waals surface area contributed by atoms with E-state index in [4.69, 9.17) is 31.4 Å². The van der Waals surface area contributed by atoms with E-state index in [-0.39, 0.29) is 67.1 Å². The van der Waals surface area contributed by atoms with Crippen LogP contribution in [0.5, 0.6) is 17.2 Å². The number of hydrogen-bond donors (Lipinski definition) is 12. The molecular formula is C73H89ClN12O9. The summed E-state index contributed by atoms with van der Waals surface area (Å²) in [5, 5.41) is 20.7. The van der Waals surface area contributed by atoms with Gasteiger partial charge in [0.15, 0.2) is 0 Å². The van der Waals surface area contributed by atoms with Crippen LogP contribution in [0.15, 0.2) is 127 Å². The van der Waals surface area contributed by atoms with E-state index in [9.17, 15) is 28.8 Å². The number of methoxy groups -OCH3 is 3. The van der Waals surface area contributed by atoms with E-state index >= 15 is 0 Å². The maximum Gasteiger partial charge on any atom is 0.246 e. The molecule has 0 bridgehead atoms.